The van der Waals surface area contributed by atoms with Gasteiger partial charge < -0.3 is 4.52 Å². The van der Waals surface area contributed by atoms with Gasteiger partial charge in [-0.15, -0.1) is 0 Å². The molecule has 0 aliphatic rings. The Hall–Kier alpha value is -3.34. The molecular formula is C19H9ClF6N4O. The van der Waals surface area contributed by atoms with Crippen molar-refractivity contribution < 1.29 is 30.9 Å². The molecule has 0 fully saturated rings. The van der Waals surface area contributed by atoms with Gasteiger partial charge in [0.05, 0.1) is 23.0 Å². The molecule has 4 rings (SSSR count). The quantitative estimate of drug-likeness (QED) is 0.339. The first-order chi connectivity index (χ1) is 14.5. The van der Waals surface area contributed by atoms with Crippen LogP contribution in [0.4, 0.5) is 26.3 Å². The summed E-state index contributed by atoms with van der Waals surface area (Å²) in [5, 5.41) is 7.70. The average Bonchev–Trinajstić information content (AvgIpc) is 3.35. The molecule has 31 heavy (non-hydrogen) atoms. The van der Waals surface area contributed by atoms with E-state index in [0.717, 1.165) is 30.5 Å². The molecule has 0 aliphatic carbocycles. The fourth-order valence-electron chi connectivity index (χ4n) is 2.81. The normalized spacial score (nSPS) is 12.4. The van der Waals surface area contributed by atoms with E-state index in [4.69, 9.17) is 16.1 Å². The van der Waals surface area contributed by atoms with Crippen LogP contribution in [0, 0.1) is 0 Å². The highest BCUT2D eigenvalue weighted by Crippen LogP contribution is 2.38. The van der Waals surface area contributed by atoms with Gasteiger partial charge in [0, 0.05) is 10.6 Å². The number of nitrogens with zero attached hydrogens (tertiary/aromatic N) is 4. The van der Waals surface area contributed by atoms with E-state index in [1.54, 1.807) is 0 Å². The van der Waals surface area contributed by atoms with Crippen LogP contribution in [0.15, 0.2) is 59.3 Å². The van der Waals surface area contributed by atoms with E-state index in [1.165, 1.54) is 24.3 Å². The minimum absolute atomic E-state index is 0.102. The number of benzene rings is 2. The third-order valence-corrected chi connectivity index (χ3v) is 4.49. The lowest BCUT2D eigenvalue weighted by Crippen LogP contribution is -2.14. The Morgan fingerprint density at radius 1 is 0.839 bits per heavy atom. The molecule has 2 aromatic carbocycles. The van der Waals surface area contributed by atoms with Crippen LogP contribution < -0.4 is 0 Å². The van der Waals surface area contributed by atoms with E-state index in [-0.39, 0.29) is 17.1 Å². The molecule has 160 valence electrons. The van der Waals surface area contributed by atoms with Crippen molar-refractivity contribution in [2.45, 2.75) is 12.4 Å². The van der Waals surface area contributed by atoms with Gasteiger partial charge in [0.15, 0.2) is 5.69 Å². The molecule has 12 heteroatoms. The minimum atomic E-state index is -4.82. The number of hydrogen-bond donors (Lipinski definition) is 0. The molecule has 2 aromatic heterocycles. The Morgan fingerprint density at radius 2 is 1.48 bits per heavy atom. The van der Waals surface area contributed by atoms with Crippen molar-refractivity contribution in [2.24, 2.45) is 0 Å². The van der Waals surface area contributed by atoms with Gasteiger partial charge in [0.2, 0.25) is 5.82 Å². The third kappa shape index (κ3) is 4.13. The Morgan fingerprint density at radius 3 is 2.06 bits per heavy atom. The summed E-state index contributed by atoms with van der Waals surface area (Å²) in [6.45, 7) is 0. The van der Waals surface area contributed by atoms with E-state index in [2.05, 4.69) is 15.2 Å². The lowest BCUT2D eigenvalue weighted by Gasteiger charge is -2.11. The highest BCUT2D eigenvalue weighted by Gasteiger charge is 2.40. The number of halogens is 7. The largest absolute Gasteiger partial charge is 0.434 e. The summed E-state index contributed by atoms with van der Waals surface area (Å²) in [5.41, 5.74) is -2.28. The number of rotatable bonds is 3. The Bertz CT molecular complexity index is 1210. The summed E-state index contributed by atoms with van der Waals surface area (Å²) >= 11 is 5.78. The van der Waals surface area contributed by atoms with E-state index in [1.807, 2.05) is 0 Å². The summed E-state index contributed by atoms with van der Waals surface area (Å²) < 4.78 is 85.1. The van der Waals surface area contributed by atoms with Gasteiger partial charge in [0.1, 0.15) is 0 Å². The average molecular weight is 459 g/mol. The molecule has 0 radical (unpaired) electrons. The molecule has 0 saturated carbocycles. The van der Waals surface area contributed by atoms with Crippen molar-refractivity contribution in [3.05, 3.63) is 71.0 Å². The molecule has 0 N–H and O–H groups in total. The highest BCUT2D eigenvalue weighted by atomic mass is 35.5. The summed E-state index contributed by atoms with van der Waals surface area (Å²) in [6, 6.07) is 9.35. The van der Waals surface area contributed by atoms with Crippen LogP contribution in [0.5, 0.6) is 0 Å². The van der Waals surface area contributed by atoms with Crippen molar-refractivity contribution in [1.82, 2.24) is 19.9 Å². The van der Waals surface area contributed by atoms with Crippen molar-refractivity contribution in [1.29, 1.82) is 0 Å². The van der Waals surface area contributed by atoms with E-state index >= 15 is 0 Å². The molecule has 0 amide bonds. The first-order valence-corrected chi connectivity index (χ1v) is 8.85. The molecule has 0 unspecified atom stereocenters. The van der Waals surface area contributed by atoms with Crippen LogP contribution in [-0.4, -0.2) is 19.9 Å². The van der Waals surface area contributed by atoms with Gasteiger partial charge in [-0.25, -0.2) is 4.68 Å². The zero-order valence-corrected chi connectivity index (χ0v) is 15.8. The van der Waals surface area contributed by atoms with Gasteiger partial charge in [-0.1, -0.05) is 28.9 Å². The summed E-state index contributed by atoms with van der Waals surface area (Å²) in [4.78, 5) is 3.90. The van der Waals surface area contributed by atoms with Crippen molar-refractivity contribution >= 4 is 11.6 Å². The second kappa shape index (κ2) is 7.41. The van der Waals surface area contributed by atoms with E-state index < -0.39 is 35.1 Å². The fourth-order valence-corrected chi connectivity index (χ4v) is 2.94. The van der Waals surface area contributed by atoms with Crippen LogP contribution in [0.25, 0.3) is 28.5 Å². The minimum Gasteiger partial charge on any atom is -0.333 e. The molecule has 0 atom stereocenters. The van der Waals surface area contributed by atoms with Crippen LogP contribution in [-0.2, 0) is 12.4 Å². The predicted molar refractivity (Wildman–Crippen MR) is 97.3 cm³/mol. The Balaban J connectivity index is 1.74. The number of hydrogen-bond acceptors (Lipinski definition) is 4. The van der Waals surface area contributed by atoms with Crippen LogP contribution in [0.3, 0.4) is 0 Å². The maximum Gasteiger partial charge on any atom is 0.434 e. The number of alkyl halides is 6. The fraction of sp³-hybridized carbons (Fsp3) is 0.105. The lowest BCUT2D eigenvalue weighted by atomic mass is 10.1. The second-order valence-electron chi connectivity index (χ2n) is 6.29. The zero-order chi connectivity index (χ0) is 22.4. The summed E-state index contributed by atoms with van der Waals surface area (Å²) in [7, 11) is 0. The zero-order valence-electron chi connectivity index (χ0n) is 15.0. The molecule has 5 nitrogen and oxygen atoms in total. The maximum absolute atomic E-state index is 13.8. The van der Waals surface area contributed by atoms with Crippen molar-refractivity contribution in [3.63, 3.8) is 0 Å². The van der Waals surface area contributed by atoms with Crippen molar-refractivity contribution in [2.75, 3.05) is 0 Å². The monoisotopic (exact) mass is 458 g/mol. The maximum atomic E-state index is 13.8. The van der Waals surface area contributed by atoms with Crippen LogP contribution in [0.1, 0.15) is 11.3 Å². The molecule has 0 bridgehead atoms. The Labute approximate surface area is 174 Å². The molecular weight excluding hydrogens is 450 g/mol. The second-order valence-corrected chi connectivity index (χ2v) is 6.73. The molecule has 4 aromatic rings. The first kappa shape index (κ1) is 20.9. The molecule has 0 aliphatic heterocycles. The molecule has 0 saturated heterocycles. The summed E-state index contributed by atoms with van der Waals surface area (Å²) in [5.74, 6) is -0.654. The van der Waals surface area contributed by atoms with Crippen molar-refractivity contribution in [3.8, 4) is 28.5 Å². The topological polar surface area (TPSA) is 56.7 Å². The molecule has 2 heterocycles. The smallest absolute Gasteiger partial charge is 0.333 e. The van der Waals surface area contributed by atoms with E-state index in [9.17, 15) is 26.3 Å². The Kier molecular flexibility index (Phi) is 5.00. The third-order valence-electron chi connectivity index (χ3n) is 4.24. The lowest BCUT2D eigenvalue weighted by molar-refractivity contribution is -0.142. The SMILES string of the molecule is FC(F)(F)c1ccc(-c2noc(-c3cnn(-c4ccc(Cl)cc4)c3C(F)(F)F)n2)cc1. The van der Waals surface area contributed by atoms with E-state index in [0.29, 0.717) is 9.70 Å². The highest BCUT2D eigenvalue weighted by molar-refractivity contribution is 6.30. The van der Waals surface area contributed by atoms with Gasteiger partial charge in [-0.3, -0.25) is 0 Å². The standard InChI is InChI=1S/C19H9ClF6N4O/c20-12-5-7-13(8-6-12)30-15(19(24,25)26)14(9-27-30)17-28-16(29-31-17)10-1-3-11(4-2-10)18(21,22)23/h1-9H. The van der Waals surface area contributed by atoms with Crippen LogP contribution in [0.2, 0.25) is 5.02 Å². The number of aromatic nitrogens is 4. The van der Waals surface area contributed by atoms with Gasteiger partial charge in [-0.2, -0.15) is 36.4 Å². The first-order valence-electron chi connectivity index (χ1n) is 8.47. The van der Waals surface area contributed by atoms with Gasteiger partial charge in [-0.05, 0) is 36.4 Å². The van der Waals surface area contributed by atoms with Crippen LogP contribution >= 0.6 is 11.6 Å². The van der Waals surface area contributed by atoms with Gasteiger partial charge >= 0.3 is 12.4 Å². The predicted octanol–water partition coefficient (Wildman–Crippen LogP) is 6.28. The summed E-state index contributed by atoms with van der Waals surface area (Å²) in [6.07, 6.45) is -8.44. The van der Waals surface area contributed by atoms with Gasteiger partial charge in [0.25, 0.3) is 5.89 Å². The molecule has 0 spiro atoms.